The summed E-state index contributed by atoms with van der Waals surface area (Å²) in [4.78, 5) is 26.4. The molecule has 2 aromatic heterocycles. The van der Waals surface area contributed by atoms with Crippen LogP contribution >= 0.6 is 11.3 Å². The van der Waals surface area contributed by atoms with Gasteiger partial charge in [0, 0.05) is 37.1 Å². The molecule has 0 radical (unpaired) electrons. The largest absolute Gasteiger partial charge is 0.497 e. The Morgan fingerprint density at radius 3 is 2.52 bits per heavy atom. The number of rotatable bonds is 4. The van der Waals surface area contributed by atoms with Crippen LogP contribution in [-0.2, 0) is 4.74 Å². The zero-order chi connectivity index (χ0) is 20.4. The summed E-state index contributed by atoms with van der Waals surface area (Å²) in [6.07, 6.45) is -0.245. The average molecular weight is 413 g/mol. The summed E-state index contributed by atoms with van der Waals surface area (Å²) < 4.78 is 10.4. The Kier molecular flexibility index (Phi) is 5.53. The predicted octanol–water partition coefficient (Wildman–Crippen LogP) is 3.95. The number of piperazine rings is 1. The summed E-state index contributed by atoms with van der Waals surface area (Å²) in [5, 5.41) is 3.20. The van der Waals surface area contributed by atoms with Gasteiger partial charge in [-0.05, 0) is 31.5 Å². The van der Waals surface area contributed by atoms with Crippen molar-refractivity contribution in [2.45, 2.75) is 13.8 Å². The monoisotopic (exact) mass is 412 g/mol. The Morgan fingerprint density at radius 1 is 1.14 bits per heavy atom. The van der Waals surface area contributed by atoms with Gasteiger partial charge < -0.3 is 19.3 Å². The second-order valence-corrected chi connectivity index (χ2v) is 7.68. The maximum Gasteiger partial charge on any atom is 0.409 e. The molecule has 0 atom stereocenters. The summed E-state index contributed by atoms with van der Waals surface area (Å²) in [7, 11) is 1.67. The molecule has 1 aliphatic rings. The summed E-state index contributed by atoms with van der Waals surface area (Å²) in [5.74, 6) is 2.52. The molecule has 0 aliphatic carbocycles. The van der Waals surface area contributed by atoms with Gasteiger partial charge in [-0.25, -0.2) is 14.8 Å². The van der Waals surface area contributed by atoms with E-state index >= 15 is 0 Å². The number of hydrogen-bond acceptors (Lipinski definition) is 7. The highest BCUT2D eigenvalue weighted by atomic mass is 32.1. The van der Waals surface area contributed by atoms with E-state index in [1.165, 1.54) is 0 Å². The maximum absolute atomic E-state index is 12.0. The predicted molar refractivity (Wildman–Crippen MR) is 115 cm³/mol. The van der Waals surface area contributed by atoms with Crippen LogP contribution < -0.4 is 9.64 Å². The number of carbonyl (C=O) groups excluding carboxylic acids is 1. The van der Waals surface area contributed by atoms with E-state index in [4.69, 9.17) is 14.5 Å². The van der Waals surface area contributed by atoms with E-state index in [-0.39, 0.29) is 6.09 Å². The van der Waals surface area contributed by atoms with Gasteiger partial charge in [0.15, 0.2) is 0 Å². The van der Waals surface area contributed by atoms with Gasteiger partial charge >= 0.3 is 6.09 Å². The Balaban J connectivity index is 1.67. The highest BCUT2D eigenvalue weighted by molar-refractivity contribution is 7.17. The van der Waals surface area contributed by atoms with E-state index in [1.807, 2.05) is 26.0 Å². The minimum Gasteiger partial charge on any atom is -0.497 e. The van der Waals surface area contributed by atoms with Gasteiger partial charge in [0.2, 0.25) is 0 Å². The molecule has 1 amide bonds. The zero-order valence-electron chi connectivity index (χ0n) is 16.8. The summed E-state index contributed by atoms with van der Waals surface area (Å²) >= 11 is 1.63. The second kappa shape index (κ2) is 8.24. The van der Waals surface area contributed by atoms with Crippen molar-refractivity contribution >= 4 is 33.5 Å². The molecule has 8 heteroatoms. The summed E-state index contributed by atoms with van der Waals surface area (Å²) in [5.41, 5.74) is 2.23. The number of ether oxygens (including phenoxy) is 2. The van der Waals surface area contributed by atoms with Gasteiger partial charge in [0.05, 0.1) is 19.1 Å². The highest BCUT2D eigenvalue weighted by Gasteiger charge is 2.25. The first-order valence-corrected chi connectivity index (χ1v) is 10.6. The minimum absolute atomic E-state index is 0.245. The van der Waals surface area contributed by atoms with Crippen LogP contribution in [0.4, 0.5) is 10.6 Å². The lowest BCUT2D eigenvalue weighted by Crippen LogP contribution is -2.49. The molecule has 1 aromatic carbocycles. The van der Waals surface area contributed by atoms with Crippen LogP contribution in [0.2, 0.25) is 0 Å². The first-order chi connectivity index (χ1) is 14.1. The molecule has 1 saturated heterocycles. The Morgan fingerprint density at radius 2 is 1.86 bits per heavy atom. The van der Waals surface area contributed by atoms with Crippen molar-refractivity contribution < 1.29 is 14.3 Å². The van der Waals surface area contributed by atoms with Crippen LogP contribution in [0.25, 0.3) is 21.3 Å². The van der Waals surface area contributed by atoms with Crippen molar-refractivity contribution in [2.24, 2.45) is 0 Å². The van der Waals surface area contributed by atoms with Gasteiger partial charge in [-0.1, -0.05) is 12.1 Å². The lowest BCUT2D eigenvalue weighted by Gasteiger charge is -2.35. The van der Waals surface area contributed by atoms with Gasteiger partial charge in [0.1, 0.15) is 22.2 Å². The first-order valence-electron chi connectivity index (χ1n) is 9.67. The average Bonchev–Trinajstić information content (AvgIpc) is 3.17. The number of nitrogens with zero attached hydrogens (tertiary/aromatic N) is 4. The fourth-order valence-electron chi connectivity index (χ4n) is 3.55. The fraction of sp³-hybridized carbons (Fsp3) is 0.381. The Labute approximate surface area is 173 Å². The number of anilines is 1. The van der Waals surface area contributed by atoms with Crippen LogP contribution in [0.5, 0.6) is 5.75 Å². The lowest BCUT2D eigenvalue weighted by atomic mass is 10.1. The molecular formula is C21H24N4O3S. The van der Waals surface area contributed by atoms with Crippen molar-refractivity contribution in [3.8, 4) is 16.9 Å². The van der Waals surface area contributed by atoms with E-state index in [0.717, 1.165) is 38.7 Å². The number of methoxy groups -OCH3 is 1. The Hall–Kier alpha value is -2.87. The third-order valence-corrected chi connectivity index (χ3v) is 5.90. The molecule has 0 bridgehead atoms. The normalized spacial score (nSPS) is 14.3. The number of fused-ring (bicyclic) bond motifs is 1. The van der Waals surface area contributed by atoms with Crippen LogP contribution in [-0.4, -0.2) is 60.9 Å². The van der Waals surface area contributed by atoms with Crippen LogP contribution in [0, 0.1) is 6.92 Å². The molecule has 3 aromatic rings. The number of thiophene rings is 1. The second-order valence-electron chi connectivity index (χ2n) is 6.83. The quantitative estimate of drug-likeness (QED) is 0.646. The first kappa shape index (κ1) is 19.4. The molecule has 0 unspecified atom stereocenters. The molecule has 0 spiro atoms. The van der Waals surface area contributed by atoms with Gasteiger partial charge in [-0.15, -0.1) is 11.3 Å². The third kappa shape index (κ3) is 3.85. The van der Waals surface area contributed by atoms with Crippen LogP contribution in [0.1, 0.15) is 12.7 Å². The van der Waals surface area contributed by atoms with E-state index in [2.05, 4.69) is 27.4 Å². The van der Waals surface area contributed by atoms with E-state index in [0.29, 0.717) is 32.8 Å². The molecule has 29 heavy (non-hydrogen) atoms. The number of aryl methyl sites for hydroxylation is 1. The number of carbonyl (C=O) groups is 1. The van der Waals surface area contributed by atoms with Gasteiger partial charge in [-0.3, -0.25) is 0 Å². The van der Waals surface area contributed by atoms with Gasteiger partial charge in [0.25, 0.3) is 0 Å². The van der Waals surface area contributed by atoms with Crippen molar-refractivity contribution in [3.05, 3.63) is 35.5 Å². The van der Waals surface area contributed by atoms with Gasteiger partial charge in [-0.2, -0.15) is 0 Å². The van der Waals surface area contributed by atoms with Crippen LogP contribution in [0.15, 0.2) is 29.6 Å². The topological polar surface area (TPSA) is 67.8 Å². The Bertz CT molecular complexity index is 1010. The minimum atomic E-state index is -0.245. The standard InChI is InChI=1S/C21H24N4O3S/c1-4-28-21(26)25-11-9-24(10-12-25)19-18-17(13-29-20(18)23-14(2)22-19)15-5-7-16(27-3)8-6-15/h5-8,13H,4,9-12H2,1-3H3. The maximum atomic E-state index is 12.0. The van der Waals surface area contributed by atoms with Crippen molar-refractivity contribution in [3.63, 3.8) is 0 Å². The number of benzene rings is 1. The molecule has 1 fully saturated rings. The third-order valence-electron chi connectivity index (χ3n) is 5.03. The van der Waals surface area contributed by atoms with Crippen molar-refractivity contribution in [2.75, 3.05) is 44.8 Å². The van der Waals surface area contributed by atoms with E-state index in [1.54, 1.807) is 23.3 Å². The smallest absolute Gasteiger partial charge is 0.409 e. The van der Waals surface area contributed by atoms with Crippen LogP contribution in [0.3, 0.4) is 0 Å². The number of hydrogen-bond donors (Lipinski definition) is 0. The molecule has 7 nitrogen and oxygen atoms in total. The molecular weight excluding hydrogens is 388 g/mol. The molecule has 0 saturated carbocycles. The molecule has 4 rings (SSSR count). The summed E-state index contributed by atoms with van der Waals surface area (Å²) in [6, 6.07) is 8.04. The van der Waals surface area contributed by atoms with E-state index < -0.39 is 0 Å². The molecule has 152 valence electrons. The highest BCUT2D eigenvalue weighted by Crippen LogP contribution is 2.39. The molecule has 1 aliphatic heterocycles. The van der Waals surface area contributed by atoms with E-state index in [9.17, 15) is 4.79 Å². The number of aromatic nitrogens is 2. The van der Waals surface area contributed by atoms with Crippen molar-refractivity contribution in [1.29, 1.82) is 0 Å². The van der Waals surface area contributed by atoms with Crippen molar-refractivity contribution in [1.82, 2.24) is 14.9 Å². The molecule has 0 N–H and O–H groups in total. The molecule has 3 heterocycles. The lowest BCUT2D eigenvalue weighted by molar-refractivity contribution is 0.105. The summed E-state index contributed by atoms with van der Waals surface area (Å²) in [6.45, 7) is 6.79. The SMILES string of the molecule is CCOC(=O)N1CCN(c2nc(C)nc3scc(-c4ccc(OC)cc4)c23)CC1. The zero-order valence-corrected chi connectivity index (χ0v) is 17.7. The number of amides is 1. The fourth-order valence-corrected chi connectivity index (χ4v) is 4.54.